The molecule has 20 heavy (non-hydrogen) atoms. The molecule has 0 unspecified atom stereocenters. The van der Waals surface area contributed by atoms with Gasteiger partial charge in [0.1, 0.15) is 0 Å². The zero-order valence-electron chi connectivity index (χ0n) is 11.6. The molecule has 2 N–H and O–H groups in total. The fourth-order valence-corrected chi connectivity index (χ4v) is 2.18. The Labute approximate surface area is 118 Å². The van der Waals surface area contributed by atoms with Gasteiger partial charge in [0, 0.05) is 24.8 Å². The maximum absolute atomic E-state index is 11.9. The summed E-state index contributed by atoms with van der Waals surface area (Å²) in [4.78, 5) is 23.7. The van der Waals surface area contributed by atoms with Crippen molar-refractivity contribution >= 4 is 17.5 Å². The Hall–Kier alpha value is -1.88. The highest BCUT2D eigenvalue weighted by atomic mass is 16.5. The Morgan fingerprint density at radius 2 is 1.95 bits per heavy atom. The van der Waals surface area contributed by atoms with Crippen molar-refractivity contribution in [2.24, 2.45) is 5.92 Å². The topological polar surface area (TPSA) is 67.4 Å². The minimum atomic E-state index is -0.209. The van der Waals surface area contributed by atoms with Crippen molar-refractivity contribution in [2.45, 2.75) is 19.8 Å². The van der Waals surface area contributed by atoms with Gasteiger partial charge in [-0.1, -0.05) is 18.2 Å². The summed E-state index contributed by atoms with van der Waals surface area (Å²) in [6.45, 7) is 3.17. The summed E-state index contributed by atoms with van der Waals surface area (Å²) in [7, 11) is 0. The van der Waals surface area contributed by atoms with Crippen LogP contribution in [0.1, 0.15) is 18.4 Å². The number of amides is 2. The number of para-hydroxylation sites is 1. The molecule has 108 valence electrons. The highest BCUT2D eigenvalue weighted by molar-refractivity contribution is 5.95. The fraction of sp³-hybridized carbons (Fsp3) is 0.467. The lowest BCUT2D eigenvalue weighted by molar-refractivity contribution is -0.129. The third kappa shape index (κ3) is 4.06. The standard InChI is InChI=1S/C15H20N2O3/c1-11-4-2-3-5-13(11)17-14(18)10-16-15(19)12-6-8-20-9-7-12/h2-5,12H,6-10H2,1H3,(H,16,19)(H,17,18). The third-order valence-electron chi connectivity index (χ3n) is 3.43. The number of ether oxygens (including phenoxy) is 1. The highest BCUT2D eigenvalue weighted by Gasteiger charge is 2.21. The van der Waals surface area contributed by atoms with Crippen LogP contribution >= 0.6 is 0 Å². The Morgan fingerprint density at radius 3 is 2.65 bits per heavy atom. The largest absolute Gasteiger partial charge is 0.381 e. The van der Waals surface area contributed by atoms with Crippen LogP contribution in [-0.2, 0) is 14.3 Å². The predicted molar refractivity (Wildman–Crippen MR) is 76.4 cm³/mol. The number of rotatable bonds is 4. The average molecular weight is 276 g/mol. The molecule has 1 aliphatic heterocycles. The van der Waals surface area contributed by atoms with Crippen molar-refractivity contribution in [1.82, 2.24) is 5.32 Å². The van der Waals surface area contributed by atoms with Crippen molar-refractivity contribution < 1.29 is 14.3 Å². The SMILES string of the molecule is Cc1ccccc1NC(=O)CNC(=O)C1CCOCC1. The molecule has 2 rings (SSSR count). The Balaban J connectivity index is 1.77. The smallest absolute Gasteiger partial charge is 0.243 e. The molecular formula is C15H20N2O3. The van der Waals surface area contributed by atoms with Crippen LogP contribution in [0, 0.1) is 12.8 Å². The van der Waals surface area contributed by atoms with Crippen LogP contribution in [0.2, 0.25) is 0 Å². The van der Waals surface area contributed by atoms with E-state index in [1.165, 1.54) is 0 Å². The molecule has 1 heterocycles. The molecule has 0 spiro atoms. The van der Waals surface area contributed by atoms with Gasteiger partial charge >= 0.3 is 0 Å². The number of anilines is 1. The second-order valence-electron chi connectivity index (χ2n) is 4.97. The number of carbonyl (C=O) groups is 2. The number of hydrogen-bond acceptors (Lipinski definition) is 3. The quantitative estimate of drug-likeness (QED) is 0.875. The van der Waals surface area contributed by atoms with Gasteiger partial charge in [-0.25, -0.2) is 0 Å². The number of aryl methyl sites for hydroxylation is 1. The number of nitrogens with one attached hydrogen (secondary N) is 2. The second-order valence-corrected chi connectivity index (χ2v) is 4.97. The number of hydrogen-bond donors (Lipinski definition) is 2. The van der Waals surface area contributed by atoms with E-state index in [-0.39, 0.29) is 24.3 Å². The monoisotopic (exact) mass is 276 g/mol. The molecule has 5 nitrogen and oxygen atoms in total. The molecule has 1 saturated heterocycles. The summed E-state index contributed by atoms with van der Waals surface area (Å²) in [6, 6.07) is 7.55. The molecule has 2 amide bonds. The molecule has 1 aliphatic rings. The lowest BCUT2D eigenvalue weighted by Gasteiger charge is -2.21. The predicted octanol–water partition coefficient (Wildman–Crippen LogP) is 1.48. The summed E-state index contributed by atoms with van der Waals surface area (Å²) in [6.07, 6.45) is 1.45. The van der Waals surface area contributed by atoms with E-state index < -0.39 is 0 Å². The minimum Gasteiger partial charge on any atom is -0.381 e. The van der Waals surface area contributed by atoms with Crippen molar-refractivity contribution in [3.8, 4) is 0 Å². The van der Waals surface area contributed by atoms with E-state index in [0.29, 0.717) is 13.2 Å². The molecular weight excluding hydrogens is 256 g/mol. The lowest BCUT2D eigenvalue weighted by Crippen LogP contribution is -2.38. The number of benzene rings is 1. The van der Waals surface area contributed by atoms with Crippen molar-refractivity contribution in [2.75, 3.05) is 25.1 Å². The summed E-state index contributed by atoms with van der Waals surface area (Å²) >= 11 is 0. The molecule has 0 radical (unpaired) electrons. The van der Waals surface area contributed by atoms with Gasteiger partial charge in [0.15, 0.2) is 0 Å². The first-order valence-corrected chi connectivity index (χ1v) is 6.88. The van der Waals surface area contributed by atoms with Crippen molar-refractivity contribution in [3.05, 3.63) is 29.8 Å². The zero-order valence-corrected chi connectivity index (χ0v) is 11.6. The van der Waals surface area contributed by atoms with Crippen LogP contribution in [0.25, 0.3) is 0 Å². The van der Waals surface area contributed by atoms with Gasteiger partial charge < -0.3 is 15.4 Å². The normalized spacial score (nSPS) is 15.7. The molecule has 0 atom stereocenters. The van der Waals surface area contributed by atoms with Gasteiger partial charge in [-0.2, -0.15) is 0 Å². The van der Waals surface area contributed by atoms with Crippen LogP contribution in [0.15, 0.2) is 24.3 Å². The van der Waals surface area contributed by atoms with Gasteiger partial charge in [0.2, 0.25) is 11.8 Å². The van der Waals surface area contributed by atoms with E-state index in [1.807, 2.05) is 31.2 Å². The highest BCUT2D eigenvalue weighted by Crippen LogP contribution is 2.15. The molecule has 0 bridgehead atoms. The van der Waals surface area contributed by atoms with E-state index in [4.69, 9.17) is 4.74 Å². The first-order chi connectivity index (χ1) is 9.66. The van der Waals surface area contributed by atoms with E-state index in [9.17, 15) is 9.59 Å². The fourth-order valence-electron chi connectivity index (χ4n) is 2.18. The van der Waals surface area contributed by atoms with E-state index in [2.05, 4.69) is 10.6 Å². The summed E-state index contributed by atoms with van der Waals surface area (Å²) in [5.74, 6) is -0.303. The molecule has 0 aromatic heterocycles. The summed E-state index contributed by atoms with van der Waals surface area (Å²) < 4.78 is 5.21. The van der Waals surface area contributed by atoms with Crippen LogP contribution in [0.5, 0.6) is 0 Å². The summed E-state index contributed by atoms with van der Waals surface area (Å²) in [5.41, 5.74) is 1.77. The maximum Gasteiger partial charge on any atom is 0.243 e. The molecule has 0 saturated carbocycles. The molecule has 1 aromatic rings. The molecule has 1 fully saturated rings. The average Bonchev–Trinajstić information content (AvgIpc) is 2.48. The molecule has 1 aromatic carbocycles. The van der Waals surface area contributed by atoms with Crippen molar-refractivity contribution in [3.63, 3.8) is 0 Å². The van der Waals surface area contributed by atoms with Gasteiger partial charge in [-0.15, -0.1) is 0 Å². The molecule has 0 aliphatic carbocycles. The van der Waals surface area contributed by atoms with Crippen LogP contribution in [0.3, 0.4) is 0 Å². The van der Waals surface area contributed by atoms with E-state index >= 15 is 0 Å². The Bertz CT molecular complexity index is 482. The van der Waals surface area contributed by atoms with Gasteiger partial charge in [-0.05, 0) is 31.4 Å². The zero-order chi connectivity index (χ0) is 14.4. The van der Waals surface area contributed by atoms with Crippen LogP contribution < -0.4 is 10.6 Å². The first-order valence-electron chi connectivity index (χ1n) is 6.88. The van der Waals surface area contributed by atoms with Gasteiger partial charge in [0.05, 0.1) is 6.54 Å². The number of carbonyl (C=O) groups excluding carboxylic acids is 2. The van der Waals surface area contributed by atoms with E-state index in [1.54, 1.807) is 0 Å². The van der Waals surface area contributed by atoms with Crippen molar-refractivity contribution in [1.29, 1.82) is 0 Å². The maximum atomic E-state index is 11.9. The second kappa shape index (κ2) is 7.05. The third-order valence-corrected chi connectivity index (χ3v) is 3.43. The van der Waals surface area contributed by atoms with Crippen LogP contribution in [0.4, 0.5) is 5.69 Å². The van der Waals surface area contributed by atoms with Gasteiger partial charge in [0.25, 0.3) is 0 Å². The Kier molecular flexibility index (Phi) is 5.12. The van der Waals surface area contributed by atoms with E-state index in [0.717, 1.165) is 24.1 Å². The Morgan fingerprint density at radius 1 is 1.25 bits per heavy atom. The van der Waals surface area contributed by atoms with Gasteiger partial charge in [-0.3, -0.25) is 9.59 Å². The van der Waals surface area contributed by atoms with Crippen LogP contribution in [-0.4, -0.2) is 31.6 Å². The lowest BCUT2D eigenvalue weighted by atomic mass is 9.99. The minimum absolute atomic E-state index is 0.00449. The summed E-state index contributed by atoms with van der Waals surface area (Å²) in [5, 5.41) is 5.48. The molecule has 5 heteroatoms. The first kappa shape index (κ1) is 14.5.